The van der Waals surface area contributed by atoms with Crippen molar-refractivity contribution in [2.24, 2.45) is 0 Å². The van der Waals surface area contributed by atoms with E-state index in [2.05, 4.69) is 0 Å². The molecule has 6 heteroatoms. The largest absolute Gasteiger partial charge is 0.490 e. The lowest BCUT2D eigenvalue weighted by molar-refractivity contribution is -0.139. The van der Waals surface area contributed by atoms with Crippen LogP contribution in [0, 0.1) is 0 Å². The average molecular weight is 308 g/mol. The predicted molar refractivity (Wildman–Crippen MR) is 78.8 cm³/mol. The van der Waals surface area contributed by atoms with Crippen LogP contribution < -0.4 is 9.47 Å². The van der Waals surface area contributed by atoms with Gasteiger partial charge in [0.1, 0.15) is 24.2 Å². The second kappa shape index (κ2) is 7.26. The summed E-state index contributed by atoms with van der Waals surface area (Å²) in [5, 5.41) is 8.82. The summed E-state index contributed by atoms with van der Waals surface area (Å²) >= 11 is 0. The molecule has 2 rings (SSSR count). The fraction of sp³-hybridized carbons (Fsp3) is 0.500. The van der Waals surface area contributed by atoms with Crippen LogP contribution in [0.2, 0.25) is 0 Å². The molecular weight excluding hydrogens is 288 g/mol. The lowest BCUT2D eigenvalue weighted by Crippen LogP contribution is -2.14. The second-order valence-electron chi connectivity index (χ2n) is 5.17. The predicted octanol–water partition coefficient (Wildman–Crippen LogP) is 2.08. The number of benzene rings is 1. The van der Waals surface area contributed by atoms with E-state index in [1.807, 2.05) is 6.92 Å². The topological polar surface area (TPSA) is 85.4 Å². The van der Waals surface area contributed by atoms with Crippen LogP contribution >= 0.6 is 0 Å². The fourth-order valence-electron chi connectivity index (χ4n) is 2.15. The van der Waals surface area contributed by atoms with Crippen LogP contribution in [0.3, 0.4) is 0 Å². The van der Waals surface area contributed by atoms with E-state index in [4.69, 9.17) is 19.3 Å². The van der Waals surface area contributed by atoms with E-state index < -0.39 is 12.6 Å². The third-order valence-corrected chi connectivity index (χ3v) is 3.26. The molecule has 22 heavy (non-hydrogen) atoms. The van der Waals surface area contributed by atoms with Crippen molar-refractivity contribution in [2.45, 2.75) is 32.8 Å². The Morgan fingerprint density at radius 1 is 1.36 bits per heavy atom. The zero-order valence-corrected chi connectivity index (χ0v) is 12.8. The number of carbonyl (C=O) groups is 2. The molecule has 0 amide bonds. The first-order valence-corrected chi connectivity index (χ1v) is 7.28. The first kappa shape index (κ1) is 16.3. The van der Waals surface area contributed by atoms with E-state index in [-0.39, 0.29) is 11.9 Å². The van der Waals surface area contributed by atoms with Crippen LogP contribution in [-0.2, 0) is 16.0 Å². The average Bonchev–Trinajstić information content (AvgIpc) is 3.28. The highest BCUT2D eigenvalue weighted by Crippen LogP contribution is 2.34. The smallest absolute Gasteiger partial charge is 0.341 e. The molecule has 0 spiro atoms. The van der Waals surface area contributed by atoms with Crippen LogP contribution in [-0.4, -0.2) is 42.8 Å². The number of rotatable bonds is 9. The molecule has 0 bridgehead atoms. The normalized spacial score (nSPS) is 16.2. The molecule has 1 N–H and O–H groups in total. The first-order valence-electron chi connectivity index (χ1n) is 7.28. The number of hydrogen-bond donors (Lipinski definition) is 1. The Hall–Kier alpha value is -2.08. The number of carboxylic acids is 1. The van der Waals surface area contributed by atoms with Crippen molar-refractivity contribution in [3.05, 3.63) is 23.3 Å². The van der Waals surface area contributed by atoms with Gasteiger partial charge in [0, 0.05) is 5.56 Å². The van der Waals surface area contributed by atoms with E-state index in [9.17, 15) is 9.59 Å². The molecule has 1 aliphatic heterocycles. The summed E-state index contributed by atoms with van der Waals surface area (Å²) in [6, 6.07) is 3.35. The van der Waals surface area contributed by atoms with Gasteiger partial charge in [-0.15, -0.1) is 0 Å². The quantitative estimate of drug-likeness (QED) is 0.555. The van der Waals surface area contributed by atoms with Crippen molar-refractivity contribution in [1.29, 1.82) is 0 Å². The number of ether oxygens (including phenoxy) is 3. The highest BCUT2D eigenvalue weighted by molar-refractivity contribution is 5.97. The Kier molecular flexibility index (Phi) is 5.38. The molecule has 0 aliphatic carbocycles. The maximum Gasteiger partial charge on any atom is 0.341 e. The van der Waals surface area contributed by atoms with Crippen LogP contribution in [0.15, 0.2) is 12.1 Å². The first-order chi connectivity index (χ1) is 10.5. The summed E-state index contributed by atoms with van der Waals surface area (Å²) in [6.07, 6.45) is 1.57. The lowest BCUT2D eigenvalue weighted by Gasteiger charge is -2.17. The van der Waals surface area contributed by atoms with E-state index in [1.54, 1.807) is 12.1 Å². The molecule has 1 fully saturated rings. The Labute approximate surface area is 129 Å². The van der Waals surface area contributed by atoms with E-state index in [1.165, 1.54) is 6.92 Å². The van der Waals surface area contributed by atoms with Crippen molar-refractivity contribution in [1.82, 2.24) is 0 Å². The lowest BCUT2D eigenvalue weighted by atomic mass is 10.0. The van der Waals surface area contributed by atoms with Crippen LogP contribution in [0.1, 0.15) is 36.2 Å². The summed E-state index contributed by atoms with van der Waals surface area (Å²) in [5.74, 6) is -0.335. The molecule has 0 saturated carbocycles. The van der Waals surface area contributed by atoms with Gasteiger partial charge in [-0.05, 0) is 25.5 Å². The van der Waals surface area contributed by atoms with Gasteiger partial charge in [0.25, 0.3) is 0 Å². The standard InChI is InChI=1S/C16H20O6/c1-3-4-13-14(21-8-11-7-20-11)6-5-12(10(2)17)16(13)22-9-15(18)19/h5-6,11H,3-4,7-9H2,1-2H3,(H,18,19). The zero-order valence-electron chi connectivity index (χ0n) is 12.8. The fourth-order valence-corrected chi connectivity index (χ4v) is 2.15. The molecule has 1 aromatic rings. The van der Waals surface area contributed by atoms with Crippen molar-refractivity contribution < 1.29 is 28.9 Å². The number of carbonyl (C=O) groups excluding carboxylic acids is 1. The van der Waals surface area contributed by atoms with Gasteiger partial charge < -0.3 is 19.3 Å². The minimum Gasteiger partial charge on any atom is -0.490 e. The van der Waals surface area contributed by atoms with E-state index in [0.29, 0.717) is 36.7 Å². The van der Waals surface area contributed by atoms with Crippen molar-refractivity contribution in [2.75, 3.05) is 19.8 Å². The summed E-state index contributed by atoms with van der Waals surface area (Å²) in [5.41, 5.74) is 1.11. The molecule has 1 unspecified atom stereocenters. The third-order valence-electron chi connectivity index (χ3n) is 3.26. The number of Topliss-reactive ketones (excluding diaryl/α,β-unsaturated/α-hetero) is 1. The van der Waals surface area contributed by atoms with Gasteiger partial charge >= 0.3 is 5.97 Å². The van der Waals surface area contributed by atoms with Crippen molar-refractivity contribution >= 4 is 11.8 Å². The number of epoxide rings is 1. The summed E-state index contributed by atoms with van der Waals surface area (Å²) in [4.78, 5) is 22.5. The highest BCUT2D eigenvalue weighted by atomic mass is 16.6. The van der Waals surface area contributed by atoms with Gasteiger partial charge in [0.15, 0.2) is 12.4 Å². The molecule has 1 aliphatic rings. The van der Waals surface area contributed by atoms with Gasteiger partial charge in [0.2, 0.25) is 0 Å². The number of carboxylic acid groups (broad SMARTS) is 1. The number of aliphatic carboxylic acids is 1. The van der Waals surface area contributed by atoms with Crippen LogP contribution in [0.5, 0.6) is 11.5 Å². The van der Waals surface area contributed by atoms with Crippen LogP contribution in [0.4, 0.5) is 0 Å². The molecule has 1 atom stereocenters. The maximum absolute atomic E-state index is 11.8. The molecule has 0 radical (unpaired) electrons. The van der Waals surface area contributed by atoms with Crippen molar-refractivity contribution in [3.8, 4) is 11.5 Å². The Bertz CT molecular complexity index is 562. The molecule has 120 valence electrons. The second-order valence-corrected chi connectivity index (χ2v) is 5.17. The molecule has 0 aromatic heterocycles. The summed E-state index contributed by atoms with van der Waals surface area (Å²) in [6.45, 7) is 4.06. The van der Waals surface area contributed by atoms with E-state index in [0.717, 1.165) is 12.0 Å². The van der Waals surface area contributed by atoms with Gasteiger partial charge in [-0.25, -0.2) is 4.79 Å². The Morgan fingerprint density at radius 2 is 2.09 bits per heavy atom. The zero-order chi connectivity index (χ0) is 16.1. The Morgan fingerprint density at radius 3 is 2.64 bits per heavy atom. The van der Waals surface area contributed by atoms with Gasteiger partial charge in [0.05, 0.1) is 12.2 Å². The van der Waals surface area contributed by atoms with Gasteiger partial charge in [-0.2, -0.15) is 0 Å². The van der Waals surface area contributed by atoms with Gasteiger partial charge in [-0.3, -0.25) is 4.79 Å². The monoisotopic (exact) mass is 308 g/mol. The maximum atomic E-state index is 11.8. The summed E-state index contributed by atoms with van der Waals surface area (Å²) < 4.78 is 16.2. The molecule has 6 nitrogen and oxygen atoms in total. The molecule has 1 saturated heterocycles. The molecular formula is C16H20O6. The molecule has 1 aromatic carbocycles. The minimum atomic E-state index is -1.09. The Balaban J connectivity index is 2.33. The SMILES string of the molecule is CCCc1c(OCC2CO2)ccc(C(C)=O)c1OCC(=O)O. The number of hydrogen-bond acceptors (Lipinski definition) is 5. The molecule has 1 heterocycles. The van der Waals surface area contributed by atoms with Crippen LogP contribution in [0.25, 0.3) is 0 Å². The number of ketones is 1. The van der Waals surface area contributed by atoms with Crippen molar-refractivity contribution in [3.63, 3.8) is 0 Å². The summed E-state index contributed by atoms with van der Waals surface area (Å²) in [7, 11) is 0. The highest BCUT2D eigenvalue weighted by Gasteiger charge is 2.25. The van der Waals surface area contributed by atoms with E-state index >= 15 is 0 Å². The van der Waals surface area contributed by atoms with Gasteiger partial charge in [-0.1, -0.05) is 13.3 Å². The minimum absolute atomic E-state index is 0.116. The third kappa shape index (κ3) is 4.21.